The van der Waals surface area contributed by atoms with Crippen molar-refractivity contribution < 1.29 is 4.79 Å². The second-order valence-electron chi connectivity index (χ2n) is 7.86. The fraction of sp³-hybridized carbons (Fsp3) is 0.500. The van der Waals surface area contributed by atoms with Crippen molar-refractivity contribution in [3.8, 4) is 0 Å². The Morgan fingerprint density at radius 2 is 2.04 bits per heavy atom. The molecule has 1 saturated heterocycles. The Labute approximate surface area is 166 Å². The number of hydrogen-bond donors (Lipinski definition) is 1. The van der Waals surface area contributed by atoms with E-state index < -0.39 is 0 Å². The Kier molecular flexibility index (Phi) is 6.17. The summed E-state index contributed by atoms with van der Waals surface area (Å²) in [5.41, 5.74) is 1.67. The summed E-state index contributed by atoms with van der Waals surface area (Å²) in [4.78, 5) is 14.6. The van der Waals surface area contributed by atoms with E-state index in [-0.39, 0.29) is 5.91 Å². The van der Waals surface area contributed by atoms with E-state index in [1.54, 1.807) is 6.20 Å². The van der Waals surface area contributed by atoms with E-state index in [1.165, 1.54) is 24.8 Å². The molecule has 1 saturated carbocycles. The van der Waals surface area contributed by atoms with Crippen LogP contribution in [0, 0.1) is 0 Å². The number of carbonyl (C=O) groups is 1. The summed E-state index contributed by atoms with van der Waals surface area (Å²) in [6.07, 6.45) is 13.2. The van der Waals surface area contributed by atoms with E-state index in [1.807, 2.05) is 10.7 Å². The van der Waals surface area contributed by atoms with Crippen LogP contribution in [0.3, 0.4) is 0 Å². The second kappa shape index (κ2) is 9.15. The van der Waals surface area contributed by atoms with Crippen molar-refractivity contribution in [1.29, 1.82) is 0 Å². The fourth-order valence-corrected chi connectivity index (χ4v) is 3.80. The molecule has 0 spiro atoms. The standard InChI is InChI=1S/C22H29N5O/c28-22(23-19-11-12-19)21-17-27(25-24-21)16-13-20-10-4-5-14-26(20)15-6-9-18-7-2-1-3-8-18/h1-3,6-9,17,19-20H,4-5,10-16H2,(H,23,28)/b9-6+/t20-/m0/s1. The summed E-state index contributed by atoms with van der Waals surface area (Å²) in [6, 6.07) is 11.3. The number of amides is 1. The fourth-order valence-electron chi connectivity index (χ4n) is 3.80. The third-order valence-electron chi connectivity index (χ3n) is 5.57. The zero-order valence-electron chi connectivity index (χ0n) is 16.3. The summed E-state index contributed by atoms with van der Waals surface area (Å²) in [7, 11) is 0. The van der Waals surface area contributed by atoms with E-state index in [0.717, 1.165) is 38.9 Å². The Morgan fingerprint density at radius 1 is 1.18 bits per heavy atom. The Hall–Kier alpha value is -2.47. The van der Waals surface area contributed by atoms with Crippen molar-refractivity contribution in [2.45, 2.75) is 57.2 Å². The average Bonchev–Trinajstić information content (AvgIpc) is 3.41. The first-order valence-corrected chi connectivity index (χ1v) is 10.4. The van der Waals surface area contributed by atoms with Crippen LogP contribution in [0.2, 0.25) is 0 Å². The molecule has 148 valence electrons. The summed E-state index contributed by atoms with van der Waals surface area (Å²) >= 11 is 0. The number of carbonyl (C=O) groups excluding carboxylic acids is 1. The topological polar surface area (TPSA) is 63.1 Å². The van der Waals surface area contributed by atoms with Gasteiger partial charge in [0.2, 0.25) is 0 Å². The lowest BCUT2D eigenvalue weighted by atomic mass is 9.99. The van der Waals surface area contributed by atoms with Gasteiger partial charge in [-0.05, 0) is 44.2 Å². The van der Waals surface area contributed by atoms with Crippen molar-refractivity contribution in [1.82, 2.24) is 25.2 Å². The predicted octanol–water partition coefficient (Wildman–Crippen LogP) is 3.13. The van der Waals surface area contributed by atoms with E-state index >= 15 is 0 Å². The lowest BCUT2D eigenvalue weighted by Gasteiger charge is -2.35. The van der Waals surface area contributed by atoms with Gasteiger partial charge in [-0.3, -0.25) is 14.4 Å². The van der Waals surface area contributed by atoms with Crippen molar-refractivity contribution >= 4 is 12.0 Å². The highest BCUT2D eigenvalue weighted by molar-refractivity contribution is 5.92. The van der Waals surface area contributed by atoms with Crippen LogP contribution in [0.1, 0.15) is 54.6 Å². The molecule has 2 fully saturated rings. The zero-order chi connectivity index (χ0) is 19.2. The maximum absolute atomic E-state index is 12.1. The number of hydrogen-bond acceptors (Lipinski definition) is 4. The number of aryl methyl sites for hydroxylation is 1. The summed E-state index contributed by atoms with van der Waals surface area (Å²) < 4.78 is 1.81. The van der Waals surface area contributed by atoms with E-state index in [0.29, 0.717) is 17.8 Å². The van der Waals surface area contributed by atoms with Gasteiger partial charge in [0.05, 0.1) is 6.20 Å². The molecule has 2 aromatic rings. The van der Waals surface area contributed by atoms with Gasteiger partial charge in [-0.1, -0.05) is 54.1 Å². The van der Waals surface area contributed by atoms with Gasteiger partial charge in [0, 0.05) is 25.2 Å². The van der Waals surface area contributed by atoms with Gasteiger partial charge in [0.25, 0.3) is 5.91 Å². The molecule has 4 rings (SSSR count). The number of nitrogens with zero attached hydrogens (tertiary/aromatic N) is 4. The number of likely N-dealkylation sites (tertiary alicyclic amines) is 1. The first-order chi connectivity index (χ1) is 13.8. The van der Waals surface area contributed by atoms with Crippen LogP contribution < -0.4 is 5.32 Å². The highest BCUT2D eigenvalue weighted by Gasteiger charge is 2.25. The molecule has 1 aromatic heterocycles. The molecule has 0 unspecified atom stereocenters. The first kappa shape index (κ1) is 18.9. The van der Waals surface area contributed by atoms with Crippen LogP contribution in [0.25, 0.3) is 6.08 Å². The molecule has 1 N–H and O–H groups in total. The average molecular weight is 380 g/mol. The Morgan fingerprint density at radius 3 is 2.86 bits per heavy atom. The molecule has 1 aliphatic heterocycles. The lowest BCUT2D eigenvalue weighted by Crippen LogP contribution is -2.40. The van der Waals surface area contributed by atoms with Crippen molar-refractivity contribution in [2.75, 3.05) is 13.1 Å². The molecular weight excluding hydrogens is 350 g/mol. The van der Waals surface area contributed by atoms with E-state index in [2.05, 4.69) is 56.9 Å². The van der Waals surface area contributed by atoms with Gasteiger partial charge in [-0.15, -0.1) is 5.10 Å². The predicted molar refractivity (Wildman–Crippen MR) is 110 cm³/mol. The minimum absolute atomic E-state index is 0.0981. The summed E-state index contributed by atoms with van der Waals surface area (Å²) in [6.45, 7) is 2.93. The molecule has 0 bridgehead atoms. The minimum atomic E-state index is -0.0981. The molecule has 1 aliphatic carbocycles. The van der Waals surface area contributed by atoms with Crippen LogP contribution in [-0.4, -0.2) is 51.0 Å². The lowest BCUT2D eigenvalue weighted by molar-refractivity contribution is 0.0946. The smallest absolute Gasteiger partial charge is 0.273 e. The summed E-state index contributed by atoms with van der Waals surface area (Å²) in [5.74, 6) is -0.0981. The van der Waals surface area contributed by atoms with Gasteiger partial charge < -0.3 is 5.32 Å². The van der Waals surface area contributed by atoms with E-state index in [4.69, 9.17) is 0 Å². The molecule has 28 heavy (non-hydrogen) atoms. The second-order valence-corrected chi connectivity index (χ2v) is 7.86. The normalized spacial score (nSPS) is 20.5. The number of piperidine rings is 1. The minimum Gasteiger partial charge on any atom is -0.348 e. The molecule has 6 heteroatoms. The molecule has 2 heterocycles. The van der Waals surface area contributed by atoms with Gasteiger partial charge in [-0.2, -0.15) is 0 Å². The monoisotopic (exact) mass is 379 g/mol. The SMILES string of the molecule is O=C(NC1CC1)c1cn(CC[C@@H]2CCCCN2C/C=C/c2ccccc2)nn1. The van der Waals surface area contributed by atoms with Crippen LogP contribution >= 0.6 is 0 Å². The van der Waals surface area contributed by atoms with Crippen LogP contribution in [0.4, 0.5) is 0 Å². The zero-order valence-corrected chi connectivity index (χ0v) is 16.3. The maximum atomic E-state index is 12.1. The van der Waals surface area contributed by atoms with Crippen LogP contribution in [-0.2, 0) is 6.54 Å². The number of benzene rings is 1. The quantitative estimate of drug-likeness (QED) is 0.765. The van der Waals surface area contributed by atoms with Gasteiger partial charge in [-0.25, -0.2) is 0 Å². The number of aromatic nitrogens is 3. The number of nitrogens with one attached hydrogen (secondary N) is 1. The third-order valence-corrected chi connectivity index (χ3v) is 5.57. The molecule has 2 aliphatic rings. The largest absolute Gasteiger partial charge is 0.348 e. The molecule has 6 nitrogen and oxygen atoms in total. The molecule has 1 atom stereocenters. The van der Waals surface area contributed by atoms with Crippen LogP contribution in [0.15, 0.2) is 42.6 Å². The maximum Gasteiger partial charge on any atom is 0.273 e. The van der Waals surface area contributed by atoms with Crippen LogP contribution in [0.5, 0.6) is 0 Å². The Balaban J connectivity index is 1.28. The molecular formula is C22H29N5O. The first-order valence-electron chi connectivity index (χ1n) is 10.4. The third kappa shape index (κ3) is 5.29. The highest BCUT2D eigenvalue weighted by Crippen LogP contribution is 2.21. The van der Waals surface area contributed by atoms with Gasteiger partial charge in [0.15, 0.2) is 5.69 Å². The summed E-state index contributed by atoms with van der Waals surface area (Å²) in [5, 5.41) is 11.2. The van der Waals surface area contributed by atoms with E-state index in [9.17, 15) is 4.79 Å². The highest BCUT2D eigenvalue weighted by atomic mass is 16.2. The van der Waals surface area contributed by atoms with Crippen molar-refractivity contribution in [3.63, 3.8) is 0 Å². The van der Waals surface area contributed by atoms with Gasteiger partial charge in [0.1, 0.15) is 0 Å². The number of rotatable bonds is 8. The Bertz CT molecular complexity index is 796. The molecule has 1 aromatic carbocycles. The van der Waals surface area contributed by atoms with Crippen molar-refractivity contribution in [2.24, 2.45) is 0 Å². The van der Waals surface area contributed by atoms with Gasteiger partial charge >= 0.3 is 0 Å². The van der Waals surface area contributed by atoms with Crippen molar-refractivity contribution in [3.05, 3.63) is 53.9 Å². The molecule has 1 amide bonds. The molecule has 0 radical (unpaired) electrons.